The molecule has 0 aliphatic heterocycles. The van der Waals surface area contributed by atoms with Gasteiger partial charge in [0.05, 0.1) is 6.10 Å². The third-order valence-corrected chi connectivity index (χ3v) is 1.11. The Morgan fingerprint density at radius 1 is 1.54 bits per heavy atom. The standard InChI is InChI=1S/C6H11N5O2/c1-3(2)13-6-9-4(11-7)8-5(12)10-6/h3H,7H2,1-2H3,(H2,8,9,10,11,12). The molecule has 0 saturated heterocycles. The Balaban J connectivity index is 2.95. The fourth-order valence-electron chi connectivity index (χ4n) is 0.697. The number of hydrogen-bond donors (Lipinski definition) is 3. The number of aromatic amines is 1. The van der Waals surface area contributed by atoms with Crippen LogP contribution in [0.4, 0.5) is 5.95 Å². The van der Waals surface area contributed by atoms with Crippen molar-refractivity contribution in [3.8, 4) is 6.01 Å². The van der Waals surface area contributed by atoms with E-state index in [0.29, 0.717) is 0 Å². The van der Waals surface area contributed by atoms with Crippen molar-refractivity contribution >= 4 is 5.95 Å². The number of hydrazine groups is 1. The van der Waals surface area contributed by atoms with Crippen molar-refractivity contribution in [3.63, 3.8) is 0 Å². The van der Waals surface area contributed by atoms with E-state index in [1.807, 2.05) is 0 Å². The molecule has 0 unspecified atom stereocenters. The molecule has 0 radical (unpaired) electrons. The maximum atomic E-state index is 10.9. The van der Waals surface area contributed by atoms with Crippen LogP contribution in [0.3, 0.4) is 0 Å². The molecule has 13 heavy (non-hydrogen) atoms. The molecule has 0 aliphatic carbocycles. The van der Waals surface area contributed by atoms with E-state index in [2.05, 4.69) is 20.4 Å². The fraction of sp³-hybridized carbons (Fsp3) is 0.500. The molecule has 72 valence electrons. The number of aromatic nitrogens is 3. The molecule has 0 aliphatic rings. The van der Waals surface area contributed by atoms with Crippen LogP contribution in [-0.4, -0.2) is 21.1 Å². The molecule has 1 aromatic heterocycles. The van der Waals surface area contributed by atoms with Gasteiger partial charge in [0.1, 0.15) is 0 Å². The Morgan fingerprint density at radius 2 is 2.23 bits per heavy atom. The van der Waals surface area contributed by atoms with Gasteiger partial charge in [-0.1, -0.05) is 0 Å². The minimum atomic E-state index is -0.557. The minimum absolute atomic E-state index is 0.00620. The summed E-state index contributed by atoms with van der Waals surface area (Å²) < 4.78 is 5.10. The van der Waals surface area contributed by atoms with Gasteiger partial charge in [-0.3, -0.25) is 10.4 Å². The molecule has 0 aromatic carbocycles. The number of hydrogen-bond acceptors (Lipinski definition) is 6. The van der Waals surface area contributed by atoms with Crippen molar-refractivity contribution in [1.29, 1.82) is 0 Å². The number of ether oxygens (including phenoxy) is 1. The van der Waals surface area contributed by atoms with Crippen LogP contribution in [0.2, 0.25) is 0 Å². The molecule has 1 aromatic rings. The zero-order valence-corrected chi connectivity index (χ0v) is 7.37. The predicted molar refractivity (Wildman–Crippen MR) is 46.2 cm³/mol. The highest BCUT2D eigenvalue weighted by atomic mass is 16.5. The van der Waals surface area contributed by atoms with Crippen LogP contribution >= 0.6 is 0 Å². The van der Waals surface area contributed by atoms with Gasteiger partial charge in [-0.15, -0.1) is 4.98 Å². The van der Waals surface area contributed by atoms with Gasteiger partial charge in [-0.25, -0.2) is 10.6 Å². The van der Waals surface area contributed by atoms with Gasteiger partial charge in [-0.05, 0) is 13.8 Å². The predicted octanol–water partition coefficient (Wildman–Crippen LogP) is -0.762. The highest BCUT2D eigenvalue weighted by Gasteiger charge is 2.04. The van der Waals surface area contributed by atoms with Crippen molar-refractivity contribution in [3.05, 3.63) is 10.5 Å². The van der Waals surface area contributed by atoms with Crippen molar-refractivity contribution < 1.29 is 4.74 Å². The van der Waals surface area contributed by atoms with Gasteiger partial charge >= 0.3 is 11.7 Å². The summed E-state index contributed by atoms with van der Waals surface area (Å²) in [4.78, 5) is 20.4. The summed E-state index contributed by atoms with van der Waals surface area (Å²) in [5, 5.41) is 0. The molecule has 7 nitrogen and oxygen atoms in total. The molecule has 1 heterocycles. The van der Waals surface area contributed by atoms with E-state index in [4.69, 9.17) is 10.6 Å². The van der Waals surface area contributed by atoms with Crippen LogP contribution < -0.4 is 21.7 Å². The average molecular weight is 185 g/mol. The number of nitrogen functional groups attached to an aromatic ring is 1. The van der Waals surface area contributed by atoms with Gasteiger partial charge in [0.15, 0.2) is 0 Å². The average Bonchev–Trinajstić information content (AvgIpc) is 2.01. The first-order chi connectivity index (χ1) is 6.11. The number of rotatable bonds is 3. The topological polar surface area (TPSA) is 106 Å². The SMILES string of the molecule is CC(C)Oc1nc(NN)[nH]c(=O)n1. The Hall–Kier alpha value is -1.63. The van der Waals surface area contributed by atoms with Crippen LogP contribution in [0.25, 0.3) is 0 Å². The Kier molecular flexibility index (Phi) is 2.80. The van der Waals surface area contributed by atoms with Crippen LogP contribution in [0.15, 0.2) is 4.79 Å². The van der Waals surface area contributed by atoms with Crippen LogP contribution in [0.1, 0.15) is 13.8 Å². The van der Waals surface area contributed by atoms with Crippen LogP contribution in [0.5, 0.6) is 6.01 Å². The Labute approximate surface area is 74.3 Å². The van der Waals surface area contributed by atoms with Gasteiger partial charge in [0.25, 0.3) is 0 Å². The molecule has 0 fully saturated rings. The van der Waals surface area contributed by atoms with E-state index in [1.165, 1.54) is 0 Å². The highest BCUT2D eigenvalue weighted by molar-refractivity contribution is 5.20. The molecule has 0 bridgehead atoms. The smallest absolute Gasteiger partial charge is 0.352 e. The van der Waals surface area contributed by atoms with Gasteiger partial charge in [0.2, 0.25) is 5.95 Å². The highest BCUT2D eigenvalue weighted by Crippen LogP contribution is 2.02. The zero-order chi connectivity index (χ0) is 9.84. The molecular formula is C6H11N5O2. The number of nitrogens with two attached hydrogens (primary N) is 1. The monoisotopic (exact) mass is 185 g/mol. The van der Waals surface area contributed by atoms with E-state index >= 15 is 0 Å². The second kappa shape index (κ2) is 3.85. The maximum Gasteiger partial charge on any atom is 0.352 e. The molecule has 0 spiro atoms. The van der Waals surface area contributed by atoms with E-state index in [9.17, 15) is 4.79 Å². The Morgan fingerprint density at radius 3 is 2.77 bits per heavy atom. The summed E-state index contributed by atoms with van der Waals surface area (Å²) in [5.41, 5.74) is 1.64. The van der Waals surface area contributed by atoms with E-state index < -0.39 is 5.69 Å². The summed E-state index contributed by atoms with van der Waals surface area (Å²) in [6.45, 7) is 3.61. The maximum absolute atomic E-state index is 10.9. The minimum Gasteiger partial charge on any atom is -0.461 e. The summed E-state index contributed by atoms with van der Waals surface area (Å²) >= 11 is 0. The van der Waals surface area contributed by atoms with Crippen molar-refractivity contribution in [2.24, 2.45) is 5.84 Å². The second-order valence-corrected chi connectivity index (χ2v) is 2.60. The number of nitrogens with one attached hydrogen (secondary N) is 2. The molecular weight excluding hydrogens is 174 g/mol. The van der Waals surface area contributed by atoms with E-state index in [-0.39, 0.29) is 18.1 Å². The molecule has 0 atom stereocenters. The summed E-state index contributed by atoms with van der Waals surface area (Å²) in [6.07, 6.45) is -0.0903. The van der Waals surface area contributed by atoms with Crippen molar-refractivity contribution in [2.75, 3.05) is 5.43 Å². The van der Waals surface area contributed by atoms with E-state index in [1.54, 1.807) is 13.8 Å². The normalized spacial score (nSPS) is 10.2. The number of anilines is 1. The Bertz CT molecular complexity index is 334. The lowest BCUT2D eigenvalue weighted by atomic mass is 10.5. The van der Waals surface area contributed by atoms with Crippen molar-refractivity contribution in [1.82, 2.24) is 15.0 Å². The summed E-state index contributed by atoms with van der Waals surface area (Å²) in [6, 6.07) is 0.00620. The van der Waals surface area contributed by atoms with Gasteiger partial charge in [-0.2, -0.15) is 4.98 Å². The largest absolute Gasteiger partial charge is 0.461 e. The van der Waals surface area contributed by atoms with Crippen LogP contribution in [0, 0.1) is 0 Å². The number of H-pyrrole nitrogens is 1. The van der Waals surface area contributed by atoms with Crippen LogP contribution in [-0.2, 0) is 0 Å². The zero-order valence-electron chi connectivity index (χ0n) is 7.37. The first-order valence-corrected chi connectivity index (χ1v) is 3.73. The lowest BCUT2D eigenvalue weighted by Crippen LogP contribution is -2.21. The molecule has 4 N–H and O–H groups in total. The summed E-state index contributed by atoms with van der Waals surface area (Å²) in [7, 11) is 0. The van der Waals surface area contributed by atoms with Gasteiger partial charge < -0.3 is 4.74 Å². The van der Waals surface area contributed by atoms with E-state index in [0.717, 1.165) is 0 Å². The molecule has 0 amide bonds. The first kappa shape index (κ1) is 9.46. The quantitative estimate of drug-likeness (QED) is 0.422. The van der Waals surface area contributed by atoms with Crippen molar-refractivity contribution in [2.45, 2.75) is 20.0 Å². The lowest BCUT2D eigenvalue weighted by molar-refractivity contribution is 0.221. The number of nitrogens with zero attached hydrogens (tertiary/aromatic N) is 2. The lowest BCUT2D eigenvalue weighted by Gasteiger charge is -2.07. The molecule has 7 heteroatoms. The fourth-order valence-corrected chi connectivity index (χ4v) is 0.697. The second-order valence-electron chi connectivity index (χ2n) is 2.60. The third-order valence-electron chi connectivity index (χ3n) is 1.11. The summed E-state index contributed by atoms with van der Waals surface area (Å²) in [5.74, 6) is 5.17. The third kappa shape index (κ3) is 2.71. The molecule has 0 saturated carbocycles. The molecule has 1 rings (SSSR count). The van der Waals surface area contributed by atoms with Gasteiger partial charge in [0, 0.05) is 0 Å². The first-order valence-electron chi connectivity index (χ1n) is 3.73.